The van der Waals surface area contributed by atoms with Crippen molar-refractivity contribution in [1.29, 1.82) is 0 Å². The van der Waals surface area contributed by atoms with Gasteiger partial charge in [-0.15, -0.1) is 11.8 Å². The van der Waals surface area contributed by atoms with Crippen LogP contribution in [0.25, 0.3) is 0 Å². The summed E-state index contributed by atoms with van der Waals surface area (Å²) in [5.74, 6) is 0.527. The zero-order valence-electron chi connectivity index (χ0n) is 15.5. The molecule has 1 aromatic rings. The molecule has 0 radical (unpaired) electrons. The van der Waals surface area contributed by atoms with Gasteiger partial charge in [0.2, 0.25) is 5.91 Å². The summed E-state index contributed by atoms with van der Waals surface area (Å²) in [5, 5.41) is 3.56. The van der Waals surface area contributed by atoms with E-state index >= 15 is 0 Å². The van der Waals surface area contributed by atoms with Gasteiger partial charge in [-0.2, -0.15) is 0 Å². The molecule has 150 valence electrons. The van der Waals surface area contributed by atoms with Gasteiger partial charge in [0.15, 0.2) is 9.84 Å². The van der Waals surface area contributed by atoms with E-state index in [-0.39, 0.29) is 28.4 Å². The number of nitrogens with one attached hydrogen (secondary N) is 1. The predicted molar refractivity (Wildman–Crippen MR) is 114 cm³/mol. The van der Waals surface area contributed by atoms with Crippen molar-refractivity contribution in [3.05, 3.63) is 23.2 Å². The van der Waals surface area contributed by atoms with Gasteiger partial charge in [-0.3, -0.25) is 4.79 Å². The molecular weight excluding hydrogens is 406 g/mol. The second-order valence-corrected chi connectivity index (χ2v) is 10.9. The third-order valence-corrected chi connectivity index (χ3v) is 8.55. The Morgan fingerprint density at radius 2 is 2.04 bits per heavy atom. The number of anilines is 2. The molecule has 0 aliphatic carbocycles. The number of piperazine rings is 1. The van der Waals surface area contributed by atoms with E-state index in [1.807, 2.05) is 12.1 Å². The van der Waals surface area contributed by atoms with Gasteiger partial charge in [-0.05, 0) is 31.2 Å². The Kier molecular flexibility index (Phi) is 6.94. The minimum absolute atomic E-state index is 0.0155. The van der Waals surface area contributed by atoms with Gasteiger partial charge in [-0.1, -0.05) is 18.5 Å². The highest BCUT2D eigenvalue weighted by molar-refractivity contribution is 8.02. The van der Waals surface area contributed by atoms with Crippen LogP contribution in [0.3, 0.4) is 0 Å². The molecule has 3 rings (SSSR count). The van der Waals surface area contributed by atoms with Crippen LogP contribution in [0.2, 0.25) is 5.02 Å². The Bertz CT molecular complexity index is 780. The largest absolute Gasteiger partial charge is 0.367 e. The van der Waals surface area contributed by atoms with E-state index in [2.05, 4.69) is 22.0 Å². The lowest BCUT2D eigenvalue weighted by Gasteiger charge is -2.36. The number of carbonyl (C=O) groups is 1. The Morgan fingerprint density at radius 3 is 2.67 bits per heavy atom. The Morgan fingerprint density at radius 1 is 1.30 bits per heavy atom. The van der Waals surface area contributed by atoms with Gasteiger partial charge < -0.3 is 15.1 Å². The number of likely N-dealkylation sites (N-methyl/N-ethyl adjacent to an activating group) is 1. The van der Waals surface area contributed by atoms with Crippen LogP contribution in [0.4, 0.5) is 11.4 Å². The Labute approximate surface area is 170 Å². The number of rotatable bonds is 6. The number of hydrogen-bond acceptors (Lipinski definition) is 6. The average molecular weight is 432 g/mol. The standard InChI is InChI=1S/C18H26ClN3O3S2/c1-2-21-6-8-22(9-7-21)17-4-3-14(19)11-16(17)20-18(23)12-26-15-5-10-27(24,25)13-15/h3-4,11,15H,2,5-10,12-13H2,1H3,(H,20,23)/t15-/m0/s1. The first-order chi connectivity index (χ1) is 12.9. The summed E-state index contributed by atoms with van der Waals surface area (Å²) in [5.41, 5.74) is 1.70. The summed E-state index contributed by atoms with van der Waals surface area (Å²) in [6, 6.07) is 5.58. The zero-order valence-corrected chi connectivity index (χ0v) is 17.9. The number of benzene rings is 1. The normalized spacial score (nSPS) is 22.7. The second kappa shape index (κ2) is 9.03. The maximum absolute atomic E-state index is 12.4. The molecule has 2 aliphatic heterocycles. The fourth-order valence-corrected chi connectivity index (χ4v) is 7.08. The van der Waals surface area contributed by atoms with Crippen molar-refractivity contribution in [2.45, 2.75) is 18.6 Å². The van der Waals surface area contributed by atoms with E-state index in [0.29, 0.717) is 11.4 Å². The molecular formula is C18H26ClN3O3S2. The minimum atomic E-state index is -2.92. The average Bonchev–Trinajstić information content (AvgIpc) is 2.99. The predicted octanol–water partition coefficient (Wildman–Crippen LogP) is 2.34. The molecule has 2 saturated heterocycles. The summed E-state index contributed by atoms with van der Waals surface area (Å²) >= 11 is 7.57. The first-order valence-corrected chi connectivity index (χ1v) is 12.5. The van der Waals surface area contributed by atoms with E-state index in [1.165, 1.54) is 11.8 Å². The van der Waals surface area contributed by atoms with Crippen molar-refractivity contribution < 1.29 is 13.2 Å². The van der Waals surface area contributed by atoms with Crippen molar-refractivity contribution >= 4 is 50.5 Å². The van der Waals surface area contributed by atoms with Crippen molar-refractivity contribution in [2.75, 3.05) is 60.2 Å². The van der Waals surface area contributed by atoms with Crippen molar-refractivity contribution in [3.8, 4) is 0 Å². The van der Waals surface area contributed by atoms with Crippen LogP contribution >= 0.6 is 23.4 Å². The first kappa shape index (κ1) is 20.8. The third-order valence-electron chi connectivity index (χ3n) is 5.03. The van der Waals surface area contributed by atoms with Gasteiger partial charge in [0.25, 0.3) is 0 Å². The highest BCUT2D eigenvalue weighted by atomic mass is 35.5. The second-order valence-electron chi connectivity index (χ2n) is 6.97. The third kappa shape index (κ3) is 5.76. The van der Waals surface area contributed by atoms with Crippen LogP contribution in [0.15, 0.2) is 18.2 Å². The zero-order chi connectivity index (χ0) is 19.4. The molecule has 0 spiro atoms. The maximum atomic E-state index is 12.4. The van der Waals surface area contributed by atoms with Gasteiger partial charge >= 0.3 is 0 Å². The molecule has 1 atom stereocenters. The highest BCUT2D eigenvalue weighted by Gasteiger charge is 2.28. The van der Waals surface area contributed by atoms with E-state index in [1.54, 1.807) is 6.07 Å². The molecule has 1 amide bonds. The molecule has 0 unspecified atom stereocenters. The van der Waals surface area contributed by atoms with Crippen LogP contribution < -0.4 is 10.2 Å². The van der Waals surface area contributed by atoms with Gasteiger partial charge in [-0.25, -0.2) is 8.42 Å². The van der Waals surface area contributed by atoms with Gasteiger partial charge in [0.05, 0.1) is 28.6 Å². The number of thioether (sulfide) groups is 1. The van der Waals surface area contributed by atoms with Crippen LogP contribution in [0.1, 0.15) is 13.3 Å². The van der Waals surface area contributed by atoms with Crippen LogP contribution in [0, 0.1) is 0 Å². The van der Waals surface area contributed by atoms with E-state index in [0.717, 1.165) is 44.1 Å². The van der Waals surface area contributed by atoms with Gasteiger partial charge in [0, 0.05) is 36.5 Å². The number of hydrogen-bond donors (Lipinski definition) is 1. The summed E-state index contributed by atoms with van der Waals surface area (Å²) in [4.78, 5) is 17.1. The first-order valence-electron chi connectivity index (χ1n) is 9.25. The molecule has 0 saturated carbocycles. The summed E-state index contributed by atoms with van der Waals surface area (Å²) < 4.78 is 23.1. The van der Waals surface area contributed by atoms with E-state index in [4.69, 9.17) is 11.6 Å². The fourth-order valence-electron chi connectivity index (χ4n) is 3.46. The molecule has 0 bridgehead atoms. The summed E-state index contributed by atoms with van der Waals surface area (Å²) in [7, 11) is -2.92. The molecule has 0 aromatic heterocycles. The Hall–Kier alpha value is -0.960. The summed E-state index contributed by atoms with van der Waals surface area (Å²) in [6.07, 6.45) is 0.629. The molecule has 1 aromatic carbocycles. The highest BCUT2D eigenvalue weighted by Crippen LogP contribution is 2.31. The number of sulfone groups is 1. The molecule has 2 heterocycles. The molecule has 2 aliphatic rings. The number of amides is 1. The molecule has 9 heteroatoms. The van der Waals surface area contributed by atoms with Crippen LogP contribution in [0.5, 0.6) is 0 Å². The Balaban J connectivity index is 1.60. The monoisotopic (exact) mass is 431 g/mol. The van der Waals surface area contributed by atoms with Crippen molar-refractivity contribution in [3.63, 3.8) is 0 Å². The quantitative estimate of drug-likeness (QED) is 0.745. The smallest absolute Gasteiger partial charge is 0.234 e. The topological polar surface area (TPSA) is 69.7 Å². The van der Waals surface area contributed by atoms with Crippen molar-refractivity contribution in [1.82, 2.24) is 4.90 Å². The van der Waals surface area contributed by atoms with Gasteiger partial charge in [0.1, 0.15) is 0 Å². The van der Waals surface area contributed by atoms with E-state index < -0.39 is 9.84 Å². The number of carbonyl (C=O) groups excluding carboxylic acids is 1. The lowest BCUT2D eigenvalue weighted by atomic mass is 10.2. The van der Waals surface area contributed by atoms with Crippen LogP contribution in [-0.4, -0.2) is 74.5 Å². The minimum Gasteiger partial charge on any atom is -0.367 e. The number of nitrogens with zero attached hydrogens (tertiary/aromatic N) is 2. The van der Waals surface area contributed by atoms with Crippen LogP contribution in [-0.2, 0) is 14.6 Å². The lowest BCUT2D eigenvalue weighted by Crippen LogP contribution is -2.46. The molecule has 27 heavy (non-hydrogen) atoms. The SMILES string of the molecule is CCN1CCN(c2ccc(Cl)cc2NC(=O)CS[C@H]2CCS(=O)(=O)C2)CC1. The summed E-state index contributed by atoms with van der Waals surface area (Å²) in [6.45, 7) is 7.03. The fraction of sp³-hybridized carbons (Fsp3) is 0.611. The number of halogens is 1. The molecule has 2 fully saturated rings. The lowest BCUT2D eigenvalue weighted by molar-refractivity contribution is -0.113. The maximum Gasteiger partial charge on any atom is 0.234 e. The molecule has 6 nitrogen and oxygen atoms in total. The van der Waals surface area contributed by atoms with Crippen molar-refractivity contribution in [2.24, 2.45) is 0 Å². The molecule has 1 N–H and O–H groups in total. The van der Waals surface area contributed by atoms with E-state index in [9.17, 15) is 13.2 Å².